The minimum atomic E-state index is -0.356. The fourth-order valence-electron chi connectivity index (χ4n) is 4.12. The van der Waals surface area contributed by atoms with Crippen molar-refractivity contribution in [2.45, 2.75) is 51.7 Å². The Kier molecular flexibility index (Phi) is 7.07. The molecule has 1 aliphatic carbocycles. The molecule has 0 bridgehead atoms. The number of piperazine rings is 1. The molecule has 0 aromatic heterocycles. The van der Waals surface area contributed by atoms with Gasteiger partial charge in [0.25, 0.3) is 0 Å². The van der Waals surface area contributed by atoms with E-state index < -0.39 is 0 Å². The van der Waals surface area contributed by atoms with Crippen molar-refractivity contribution in [2.24, 2.45) is 5.92 Å². The highest BCUT2D eigenvalue weighted by Crippen LogP contribution is 2.29. The molecule has 1 aromatic carbocycles. The van der Waals surface area contributed by atoms with Crippen LogP contribution in [0.4, 0.5) is 10.1 Å². The molecule has 27 heavy (non-hydrogen) atoms. The number of hydrogen-bond donors (Lipinski definition) is 1. The molecule has 0 unspecified atom stereocenters. The van der Waals surface area contributed by atoms with Crippen LogP contribution in [0.1, 0.15) is 44.6 Å². The normalized spacial score (nSPS) is 23.5. The van der Waals surface area contributed by atoms with Gasteiger partial charge >= 0.3 is 0 Å². The molecule has 1 saturated heterocycles. The predicted molar refractivity (Wildman–Crippen MR) is 103 cm³/mol. The van der Waals surface area contributed by atoms with Crippen LogP contribution in [0.15, 0.2) is 18.2 Å². The van der Waals surface area contributed by atoms with E-state index in [0.717, 1.165) is 38.7 Å². The number of hydrogen-bond acceptors (Lipinski definition) is 4. The third-order valence-corrected chi connectivity index (χ3v) is 5.74. The predicted octanol–water partition coefficient (Wildman–Crippen LogP) is 2.95. The number of anilines is 1. The molecule has 150 valence electrons. The Morgan fingerprint density at radius 2 is 1.89 bits per heavy atom. The number of rotatable bonds is 6. The summed E-state index contributed by atoms with van der Waals surface area (Å²) in [6.07, 6.45) is 5.09. The molecular weight excluding hydrogens is 347 g/mol. The van der Waals surface area contributed by atoms with E-state index in [1.165, 1.54) is 0 Å². The van der Waals surface area contributed by atoms with Gasteiger partial charge in [-0.3, -0.25) is 4.79 Å². The largest absolute Gasteiger partial charge is 0.392 e. The molecule has 1 saturated carbocycles. The van der Waals surface area contributed by atoms with Gasteiger partial charge in [0.2, 0.25) is 5.91 Å². The van der Waals surface area contributed by atoms with E-state index in [4.69, 9.17) is 4.74 Å². The average molecular weight is 378 g/mol. The summed E-state index contributed by atoms with van der Waals surface area (Å²) in [5, 5.41) is 9.25. The molecular formula is C21H31FN2O3. The zero-order valence-electron chi connectivity index (χ0n) is 16.2. The Morgan fingerprint density at radius 3 is 2.52 bits per heavy atom. The first kappa shape index (κ1) is 20.1. The smallest absolute Gasteiger partial charge is 0.225 e. The van der Waals surface area contributed by atoms with Crippen molar-refractivity contribution in [3.8, 4) is 0 Å². The second-order valence-electron chi connectivity index (χ2n) is 7.57. The summed E-state index contributed by atoms with van der Waals surface area (Å²) in [5.74, 6) is -0.00849. The van der Waals surface area contributed by atoms with Crippen LogP contribution in [0, 0.1) is 11.7 Å². The van der Waals surface area contributed by atoms with Crippen molar-refractivity contribution in [1.29, 1.82) is 0 Å². The average Bonchev–Trinajstić information content (AvgIpc) is 2.72. The number of amides is 1. The summed E-state index contributed by atoms with van der Waals surface area (Å²) >= 11 is 0. The highest BCUT2D eigenvalue weighted by Gasteiger charge is 2.31. The summed E-state index contributed by atoms with van der Waals surface area (Å²) in [7, 11) is 0. The molecule has 5 nitrogen and oxygen atoms in total. The maximum absolute atomic E-state index is 14.4. The summed E-state index contributed by atoms with van der Waals surface area (Å²) < 4.78 is 20.2. The Hall–Kier alpha value is -1.66. The molecule has 1 amide bonds. The van der Waals surface area contributed by atoms with E-state index in [0.29, 0.717) is 43.5 Å². The van der Waals surface area contributed by atoms with E-state index in [9.17, 15) is 14.3 Å². The van der Waals surface area contributed by atoms with Gasteiger partial charge in [0.15, 0.2) is 5.82 Å². The maximum atomic E-state index is 14.4. The fraction of sp³-hybridized carbons (Fsp3) is 0.667. The van der Waals surface area contributed by atoms with Gasteiger partial charge in [-0.15, -0.1) is 0 Å². The van der Waals surface area contributed by atoms with Crippen molar-refractivity contribution in [2.75, 3.05) is 37.7 Å². The molecule has 0 spiro atoms. The molecule has 1 aromatic rings. The standard InChI is InChI=1S/C21H31FN2O3/c1-2-14-27-18-8-6-16(7-9-18)21(26)24-12-10-23(11-13-24)19-5-3-4-17(15-25)20(19)22/h3-5,16,18,25H,2,6-15H2,1H3/t16-,18-. The lowest BCUT2D eigenvalue weighted by Crippen LogP contribution is -2.51. The number of aliphatic hydroxyl groups is 1. The van der Waals surface area contributed by atoms with Crippen LogP contribution < -0.4 is 4.90 Å². The lowest BCUT2D eigenvalue weighted by atomic mass is 9.86. The molecule has 0 atom stereocenters. The Balaban J connectivity index is 1.50. The minimum absolute atomic E-state index is 0.104. The third-order valence-electron chi connectivity index (χ3n) is 5.74. The van der Waals surface area contributed by atoms with E-state index in [-0.39, 0.29) is 24.2 Å². The number of benzene rings is 1. The van der Waals surface area contributed by atoms with Crippen molar-refractivity contribution in [3.63, 3.8) is 0 Å². The number of carbonyl (C=O) groups excluding carboxylic acids is 1. The number of ether oxygens (including phenoxy) is 1. The molecule has 6 heteroatoms. The van der Waals surface area contributed by atoms with Gasteiger partial charge in [-0.2, -0.15) is 0 Å². The van der Waals surface area contributed by atoms with Gasteiger partial charge < -0.3 is 19.6 Å². The third kappa shape index (κ3) is 4.79. The lowest BCUT2D eigenvalue weighted by molar-refractivity contribution is -0.137. The molecule has 1 heterocycles. The summed E-state index contributed by atoms with van der Waals surface area (Å²) in [6, 6.07) is 5.10. The summed E-state index contributed by atoms with van der Waals surface area (Å²) in [4.78, 5) is 16.7. The van der Waals surface area contributed by atoms with Gasteiger partial charge in [-0.05, 0) is 38.2 Å². The number of halogens is 1. The van der Waals surface area contributed by atoms with E-state index >= 15 is 0 Å². The second-order valence-corrected chi connectivity index (χ2v) is 7.57. The highest BCUT2D eigenvalue weighted by atomic mass is 19.1. The quantitative estimate of drug-likeness (QED) is 0.827. The Labute approximate surface area is 161 Å². The summed E-state index contributed by atoms with van der Waals surface area (Å²) in [6.45, 7) is 5.09. The van der Waals surface area contributed by atoms with Crippen molar-refractivity contribution < 1.29 is 19.0 Å². The Bertz CT molecular complexity index is 624. The molecule has 3 rings (SSSR count). The number of carbonyl (C=O) groups is 1. The molecule has 1 N–H and O–H groups in total. The number of nitrogens with zero attached hydrogens (tertiary/aromatic N) is 2. The molecule has 1 aliphatic heterocycles. The van der Waals surface area contributed by atoms with Gasteiger partial charge in [0, 0.05) is 44.3 Å². The fourth-order valence-corrected chi connectivity index (χ4v) is 4.12. The Morgan fingerprint density at radius 1 is 1.19 bits per heavy atom. The number of aliphatic hydroxyl groups excluding tert-OH is 1. The van der Waals surface area contributed by atoms with Crippen LogP contribution >= 0.6 is 0 Å². The lowest BCUT2D eigenvalue weighted by Gasteiger charge is -2.39. The first-order valence-corrected chi connectivity index (χ1v) is 10.2. The van der Waals surface area contributed by atoms with Gasteiger partial charge in [-0.1, -0.05) is 19.1 Å². The first-order valence-electron chi connectivity index (χ1n) is 10.2. The van der Waals surface area contributed by atoms with Crippen LogP contribution in [0.3, 0.4) is 0 Å². The minimum Gasteiger partial charge on any atom is -0.392 e. The van der Waals surface area contributed by atoms with Crippen LogP contribution in [0.2, 0.25) is 0 Å². The van der Waals surface area contributed by atoms with E-state index in [1.54, 1.807) is 18.2 Å². The topological polar surface area (TPSA) is 53.0 Å². The molecule has 0 radical (unpaired) electrons. The van der Waals surface area contributed by atoms with E-state index in [1.807, 2.05) is 9.80 Å². The van der Waals surface area contributed by atoms with Crippen LogP contribution in [0.5, 0.6) is 0 Å². The van der Waals surface area contributed by atoms with Gasteiger partial charge in [0.05, 0.1) is 18.4 Å². The van der Waals surface area contributed by atoms with Crippen molar-refractivity contribution in [1.82, 2.24) is 4.90 Å². The maximum Gasteiger partial charge on any atom is 0.225 e. The van der Waals surface area contributed by atoms with Gasteiger partial charge in [-0.25, -0.2) is 4.39 Å². The highest BCUT2D eigenvalue weighted by molar-refractivity contribution is 5.79. The van der Waals surface area contributed by atoms with Crippen LogP contribution in [-0.4, -0.2) is 54.8 Å². The van der Waals surface area contributed by atoms with Crippen LogP contribution in [-0.2, 0) is 16.1 Å². The van der Waals surface area contributed by atoms with E-state index in [2.05, 4.69) is 6.92 Å². The van der Waals surface area contributed by atoms with Gasteiger partial charge in [0.1, 0.15) is 0 Å². The second kappa shape index (κ2) is 9.51. The zero-order valence-corrected chi connectivity index (χ0v) is 16.2. The van der Waals surface area contributed by atoms with Crippen molar-refractivity contribution >= 4 is 11.6 Å². The first-order chi connectivity index (χ1) is 13.1. The summed E-state index contributed by atoms with van der Waals surface area (Å²) in [5.41, 5.74) is 0.829. The molecule has 2 aliphatic rings. The van der Waals surface area contributed by atoms with Crippen molar-refractivity contribution in [3.05, 3.63) is 29.6 Å². The monoisotopic (exact) mass is 378 g/mol. The van der Waals surface area contributed by atoms with Crippen LogP contribution in [0.25, 0.3) is 0 Å². The SMILES string of the molecule is CCCO[C@H]1CC[C@H](C(=O)N2CCN(c3cccc(CO)c3F)CC2)CC1. The zero-order chi connectivity index (χ0) is 19.2. The molecule has 2 fully saturated rings.